The van der Waals surface area contributed by atoms with Crippen molar-refractivity contribution in [2.24, 2.45) is 11.8 Å². The van der Waals surface area contributed by atoms with Crippen LogP contribution in [0, 0.1) is 17.7 Å². The molecule has 4 heteroatoms. The SMILES string of the molecule is Nc1n[nH]c(C2CC3CC3C2)c1F. The van der Waals surface area contributed by atoms with Gasteiger partial charge in [0.15, 0.2) is 11.6 Å². The van der Waals surface area contributed by atoms with Gasteiger partial charge in [-0.25, -0.2) is 4.39 Å². The highest BCUT2D eigenvalue weighted by Crippen LogP contribution is 2.57. The van der Waals surface area contributed by atoms with Crippen LogP contribution < -0.4 is 5.73 Å². The van der Waals surface area contributed by atoms with Crippen molar-refractivity contribution in [2.75, 3.05) is 5.73 Å². The number of halogens is 1. The van der Waals surface area contributed by atoms with Crippen molar-refractivity contribution in [1.82, 2.24) is 10.2 Å². The van der Waals surface area contributed by atoms with E-state index in [0.717, 1.165) is 24.7 Å². The van der Waals surface area contributed by atoms with Crippen molar-refractivity contribution in [1.29, 1.82) is 0 Å². The lowest BCUT2D eigenvalue weighted by molar-refractivity contribution is 0.548. The monoisotopic (exact) mass is 181 g/mol. The molecule has 1 aromatic heterocycles. The molecular formula is C9H12FN3. The number of H-pyrrole nitrogens is 1. The first-order valence-electron chi connectivity index (χ1n) is 4.75. The molecule has 2 saturated carbocycles. The van der Waals surface area contributed by atoms with Crippen molar-refractivity contribution in [2.45, 2.75) is 25.2 Å². The van der Waals surface area contributed by atoms with Crippen LogP contribution in [0.2, 0.25) is 0 Å². The van der Waals surface area contributed by atoms with E-state index < -0.39 is 0 Å². The van der Waals surface area contributed by atoms with Gasteiger partial charge in [0, 0.05) is 5.92 Å². The van der Waals surface area contributed by atoms with Crippen LogP contribution in [0.15, 0.2) is 0 Å². The molecule has 3 nitrogen and oxygen atoms in total. The summed E-state index contributed by atoms with van der Waals surface area (Å²) in [6.07, 6.45) is 3.58. The number of nitrogens with one attached hydrogen (secondary N) is 1. The molecule has 2 unspecified atom stereocenters. The Bertz CT molecular complexity index is 337. The van der Waals surface area contributed by atoms with Gasteiger partial charge >= 0.3 is 0 Å². The molecule has 2 aliphatic rings. The fourth-order valence-electron chi connectivity index (χ4n) is 2.58. The molecule has 70 valence electrons. The normalized spacial score (nSPS) is 36.2. The quantitative estimate of drug-likeness (QED) is 0.692. The molecule has 0 spiro atoms. The van der Waals surface area contributed by atoms with Crippen molar-refractivity contribution in [3.63, 3.8) is 0 Å². The van der Waals surface area contributed by atoms with Gasteiger partial charge in [0.2, 0.25) is 0 Å². The molecule has 3 rings (SSSR count). The van der Waals surface area contributed by atoms with Crippen molar-refractivity contribution in [3.05, 3.63) is 11.5 Å². The molecule has 2 aliphatic carbocycles. The van der Waals surface area contributed by atoms with E-state index in [0.29, 0.717) is 11.6 Å². The van der Waals surface area contributed by atoms with Gasteiger partial charge in [-0.1, -0.05) is 0 Å². The van der Waals surface area contributed by atoms with Gasteiger partial charge in [-0.15, -0.1) is 0 Å². The summed E-state index contributed by atoms with van der Waals surface area (Å²) in [6, 6.07) is 0. The van der Waals surface area contributed by atoms with Gasteiger partial charge in [-0.3, -0.25) is 5.10 Å². The summed E-state index contributed by atoms with van der Waals surface area (Å²) >= 11 is 0. The molecule has 2 fully saturated rings. The zero-order chi connectivity index (χ0) is 9.00. The van der Waals surface area contributed by atoms with Crippen LogP contribution in [0.4, 0.5) is 10.2 Å². The zero-order valence-electron chi connectivity index (χ0n) is 7.26. The third-order valence-electron chi connectivity index (χ3n) is 3.41. The molecule has 0 saturated heterocycles. The lowest BCUT2D eigenvalue weighted by Gasteiger charge is -2.08. The van der Waals surface area contributed by atoms with Gasteiger partial charge in [0.25, 0.3) is 0 Å². The number of aromatic amines is 1. The van der Waals surface area contributed by atoms with E-state index in [9.17, 15) is 4.39 Å². The predicted molar refractivity (Wildman–Crippen MR) is 46.5 cm³/mol. The minimum absolute atomic E-state index is 0.00979. The van der Waals surface area contributed by atoms with Crippen LogP contribution in [0.25, 0.3) is 0 Å². The highest BCUT2D eigenvalue weighted by atomic mass is 19.1. The summed E-state index contributed by atoms with van der Waals surface area (Å²) in [5.74, 6) is 1.73. The molecule has 1 heterocycles. The first kappa shape index (κ1) is 7.35. The topological polar surface area (TPSA) is 54.7 Å². The van der Waals surface area contributed by atoms with E-state index in [1.165, 1.54) is 6.42 Å². The maximum absolute atomic E-state index is 13.3. The minimum atomic E-state index is -0.327. The second-order valence-corrected chi connectivity index (χ2v) is 4.26. The van der Waals surface area contributed by atoms with Crippen LogP contribution in [-0.4, -0.2) is 10.2 Å². The fourth-order valence-corrected chi connectivity index (χ4v) is 2.58. The Balaban J connectivity index is 1.88. The lowest BCUT2D eigenvalue weighted by Crippen LogP contribution is -1.99. The zero-order valence-corrected chi connectivity index (χ0v) is 7.26. The van der Waals surface area contributed by atoms with Crippen molar-refractivity contribution < 1.29 is 4.39 Å². The van der Waals surface area contributed by atoms with E-state index in [2.05, 4.69) is 10.2 Å². The molecule has 0 aliphatic heterocycles. The van der Waals surface area contributed by atoms with Crippen LogP contribution in [0.3, 0.4) is 0 Å². The number of nitrogen functional groups attached to an aromatic ring is 1. The Labute approximate surface area is 75.5 Å². The van der Waals surface area contributed by atoms with Crippen molar-refractivity contribution >= 4 is 5.82 Å². The molecule has 1 aromatic rings. The number of nitrogens with zero attached hydrogens (tertiary/aromatic N) is 1. The number of hydrogen-bond acceptors (Lipinski definition) is 2. The average molecular weight is 181 g/mol. The molecule has 2 atom stereocenters. The van der Waals surface area contributed by atoms with Crippen LogP contribution in [0.1, 0.15) is 30.9 Å². The number of hydrogen-bond donors (Lipinski definition) is 2. The summed E-state index contributed by atoms with van der Waals surface area (Å²) in [5, 5.41) is 6.39. The first-order chi connectivity index (χ1) is 6.25. The van der Waals surface area contributed by atoms with Gasteiger partial charge in [0.05, 0.1) is 5.69 Å². The lowest BCUT2D eigenvalue weighted by atomic mass is 9.99. The van der Waals surface area contributed by atoms with E-state index >= 15 is 0 Å². The van der Waals surface area contributed by atoms with E-state index in [1.54, 1.807) is 0 Å². The predicted octanol–water partition coefficient (Wildman–Crippen LogP) is 1.64. The number of aromatic nitrogens is 2. The third kappa shape index (κ3) is 0.975. The van der Waals surface area contributed by atoms with Gasteiger partial charge in [-0.05, 0) is 31.1 Å². The third-order valence-corrected chi connectivity index (χ3v) is 3.41. The second-order valence-electron chi connectivity index (χ2n) is 4.26. The smallest absolute Gasteiger partial charge is 0.188 e. The van der Waals surface area contributed by atoms with E-state index in [4.69, 9.17) is 5.73 Å². The number of fused-ring (bicyclic) bond motifs is 1. The highest BCUT2D eigenvalue weighted by molar-refractivity contribution is 5.34. The van der Waals surface area contributed by atoms with E-state index in [1.807, 2.05) is 0 Å². The van der Waals surface area contributed by atoms with E-state index in [-0.39, 0.29) is 11.6 Å². The molecule has 0 bridgehead atoms. The Morgan fingerprint density at radius 1 is 1.31 bits per heavy atom. The minimum Gasteiger partial charge on any atom is -0.380 e. The van der Waals surface area contributed by atoms with Crippen LogP contribution in [-0.2, 0) is 0 Å². The van der Waals surface area contributed by atoms with Crippen LogP contribution in [0.5, 0.6) is 0 Å². The maximum Gasteiger partial charge on any atom is 0.188 e. The molecule has 3 N–H and O–H groups in total. The summed E-state index contributed by atoms with van der Waals surface area (Å²) in [7, 11) is 0. The average Bonchev–Trinajstić information content (AvgIpc) is 2.58. The standard InChI is InChI=1S/C9H12FN3/c10-7-8(12-13-9(7)11)6-2-4-1-5(4)3-6/h4-6H,1-3H2,(H3,11,12,13). The van der Waals surface area contributed by atoms with Gasteiger partial charge < -0.3 is 5.73 Å². The number of anilines is 1. The summed E-state index contributed by atoms with van der Waals surface area (Å²) < 4.78 is 13.3. The number of rotatable bonds is 1. The Morgan fingerprint density at radius 3 is 2.54 bits per heavy atom. The van der Waals surface area contributed by atoms with Gasteiger partial charge in [-0.2, -0.15) is 5.10 Å². The molecule has 13 heavy (non-hydrogen) atoms. The van der Waals surface area contributed by atoms with Crippen molar-refractivity contribution in [3.8, 4) is 0 Å². The summed E-state index contributed by atoms with van der Waals surface area (Å²) in [4.78, 5) is 0. The maximum atomic E-state index is 13.3. The molecular weight excluding hydrogens is 169 g/mol. The molecule has 0 amide bonds. The Hall–Kier alpha value is -1.06. The summed E-state index contributed by atoms with van der Waals surface area (Å²) in [6.45, 7) is 0. The molecule has 0 aromatic carbocycles. The highest BCUT2D eigenvalue weighted by Gasteiger charge is 2.47. The Morgan fingerprint density at radius 2 is 2.00 bits per heavy atom. The molecule has 0 radical (unpaired) electrons. The largest absolute Gasteiger partial charge is 0.380 e. The Kier molecular flexibility index (Phi) is 1.27. The first-order valence-corrected chi connectivity index (χ1v) is 4.75. The van der Waals surface area contributed by atoms with Gasteiger partial charge in [0.1, 0.15) is 0 Å². The summed E-state index contributed by atoms with van der Waals surface area (Å²) in [5.41, 5.74) is 5.97. The fraction of sp³-hybridized carbons (Fsp3) is 0.667. The van der Waals surface area contributed by atoms with Crippen LogP contribution >= 0.6 is 0 Å². The second kappa shape index (κ2) is 2.25. The number of nitrogens with two attached hydrogens (primary N) is 1.